The van der Waals surface area contributed by atoms with Crippen LogP contribution in [-0.2, 0) is 12.6 Å². The van der Waals surface area contributed by atoms with Crippen LogP contribution in [0.15, 0.2) is 28.7 Å². The third kappa shape index (κ3) is 3.27. The second-order valence-electron chi connectivity index (χ2n) is 4.30. The molecule has 2 rings (SSSR count). The number of halogens is 4. The Bertz CT molecular complexity index is 618. The normalized spacial score (nSPS) is 11.7. The molecule has 0 saturated carbocycles. The average molecular weight is 346 g/mol. The average Bonchev–Trinajstić information content (AvgIpc) is 2.35. The summed E-state index contributed by atoms with van der Waals surface area (Å²) in [6.45, 7) is 1.75. The Morgan fingerprint density at radius 3 is 2.55 bits per heavy atom. The number of benzene rings is 1. The summed E-state index contributed by atoms with van der Waals surface area (Å²) in [7, 11) is 0. The van der Waals surface area contributed by atoms with Gasteiger partial charge in [-0.25, -0.2) is 9.97 Å². The van der Waals surface area contributed by atoms with E-state index >= 15 is 0 Å². The van der Waals surface area contributed by atoms with Crippen LogP contribution in [0, 0.1) is 6.92 Å². The molecule has 1 heterocycles. The van der Waals surface area contributed by atoms with Crippen molar-refractivity contribution in [2.45, 2.75) is 19.5 Å². The highest BCUT2D eigenvalue weighted by atomic mass is 79.9. The SMILES string of the molecule is Cc1nc(Cc2cccc(C(F)(F)F)c2)nc(N)c1Br. The molecule has 7 heteroatoms. The van der Waals surface area contributed by atoms with Crippen LogP contribution in [0.25, 0.3) is 0 Å². The molecule has 0 aliphatic heterocycles. The van der Waals surface area contributed by atoms with Crippen LogP contribution in [-0.4, -0.2) is 9.97 Å². The maximum absolute atomic E-state index is 12.6. The molecular formula is C13H11BrF3N3. The molecule has 0 fully saturated rings. The summed E-state index contributed by atoms with van der Waals surface area (Å²) in [6, 6.07) is 5.10. The number of rotatable bonds is 2. The molecule has 3 nitrogen and oxygen atoms in total. The lowest BCUT2D eigenvalue weighted by molar-refractivity contribution is -0.137. The predicted octanol–water partition coefficient (Wildman–Crippen LogP) is 3.74. The minimum absolute atomic E-state index is 0.197. The quantitative estimate of drug-likeness (QED) is 0.901. The van der Waals surface area contributed by atoms with Crippen molar-refractivity contribution < 1.29 is 13.2 Å². The molecule has 0 saturated heterocycles. The first-order valence-electron chi connectivity index (χ1n) is 5.72. The Morgan fingerprint density at radius 2 is 1.95 bits per heavy atom. The monoisotopic (exact) mass is 345 g/mol. The molecule has 1 aromatic heterocycles. The summed E-state index contributed by atoms with van der Waals surface area (Å²) in [5.74, 6) is 0.669. The molecular weight excluding hydrogens is 335 g/mol. The van der Waals surface area contributed by atoms with Crippen LogP contribution < -0.4 is 5.73 Å². The van der Waals surface area contributed by atoms with Gasteiger partial charge in [-0.05, 0) is 34.5 Å². The molecule has 2 N–H and O–H groups in total. The van der Waals surface area contributed by atoms with E-state index in [0.29, 0.717) is 21.6 Å². The number of alkyl halides is 3. The minimum Gasteiger partial charge on any atom is -0.383 e. The Morgan fingerprint density at radius 1 is 1.25 bits per heavy atom. The smallest absolute Gasteiger partial charge is 0.383 e. The number of hydrogen-bond acceptors (Lipinski definition) is 3. The van der Waals surface area contributed by atoms with Crippen LogP contribution in [0.4, 0.5) is 19.0 Å². The third-order valence-corrected chi connectivity index (χ3v) is 3.69. The van der Waals surface area contributed by atoms with Gasteiger partial charge < -0.3 is 5.73 Å². The molecule has 0 atom stereocenters. The van der Waals surface area contributed by atoms with Crippen molar-refractivity contribution in [2.24, 2.45) is 0 Å². The zero-order valence-corrected chi connectivity index (χ0v) is 12.1. The van der Waals surface area contributed by atoms with Crippen molar-refractivity contribution in [1.82, 2.24) is 9.97 Å². The summed E-state index contributed by atoms with van der Waals surface area (Å²) < 4.78 is 38.5. The van der Waals surface area contributed by atoms with E-state index in [2.05, 4.69) is 25.9 Å². The second kappa shape index (κ2) is 5.40. The van der Waals surface area contributed by atoms with Gasteiger partial charge in [-0.15, -0.1) is 0 Å². The lowest BCUT2D eigenvalue weighted by Crippen LogP contribution is -2.07. The van der Waals surface area contributed by atoms with Crippen LogP contribution in [0.1, 0.15) is 22.6 Å². The highest BCUT2D eigenvalue weighted by Crippen LogP contribution is 2.30. The van der Waals surface area contributed by atoms with Gasteiger partial charge in [0.2, 0.25) is 0 Å². The number of aryl methyl sites for hydroxylation is 1. The summed E-state index contributed by atoms with van der Waals surface area (Å²) in [6.07, 6.45) is -4.16. The molecule has 1 aromatic carbocycles. The zero-order chi connectivity index (χ0) is 14.9. The maximum atomic E-state index is 12.6. The number of nitrogens with zero attached hydrogens (tertiary/aromatic N) is 2. The fourth-order valence-electron chi connectivity index (χ4n) is 1.76. The fraction of sp³-hybridized carbons (Fsp3) is 0.231. The largest absolute Gasteiger partial charge is 0.416 e. The van der Waals surface area contributed by atoms with E-state index in [4.69, 9.17) is 5.73 Å². The van der Waals surface area contributed by atoms with E-state index in [-0.39, 0.29) is 12.2 Å². The number of nitrogen functional groups attached to an aromatic ring is 1. The minimum atomic E-state index is -4.36. The van der Waals surface area contributed by atoms with Crippen LogP contribution in [0.3, 0.4) is 0 Å². The van der Waals surface area contributed by atoms with Gasteiger partial charge >= 0.3 is 6.18 Å². The van der Waals surface area contributed by atoms with Crippen LogP contribution >= 0.6 is 15.9 Å². The lowest BCUT2D eigenvalue weighted by Gasteiger charge is -2.09. The Labute approximate surface area is 122 Å². The Hall–Kier alpha value is -1.63. The van der Waals surface area contributed by atoms with E-state index < -0.39 is 11.7 Å². The van der Waals surface area contributed by atoms with E-state index in [0.717, 1.165) is 12.1 Å². The van der Waals surface area contributed by atoms with Crippen molar-refractivity contribution in [3.05, 3.63) is 51.4 Å². The molecule has 0 bridgehead atoms. The molecule has 0 aliphatic rings. The van der Waals surface area contributed by atoms with E-state index in [1.165, 1.54) is 6.07 Å². The van der Waals surface area contributed by atoms with Crippen molar-refractivity contribution in [3.63, 3.8) is 0 Å². The second-order valence-corrected chi connectivity index (χ2v) is 5.09. The number of hydrogen-bond donors (Lipinski definition) is 1. The summed E-state index contributed by atoms with van der Waals surface area (Å²) >= 11 is 3.24. The maximum Gasteiger partial charge on any atom is 0.416 e. The summed E-state index contributed by atoms with van der Waals surface area (Å²) in [5.41, 5.74) is 6.15. The van der Waals surface area contributed by atoms with Crippen molar-refractivity contribution in [3.8, 4) is 0 Å². The number of anilines is 1. The third-order valence-electron chi connectivity index (χ3n) is 2.71. The topological polar surface area (TPSA) is 51.8 Å². The van der Waals surface area contributed by atoms with Crippen molar-refractivity contribution in [2.75, 3.05) is 5.73 Å². The van der Waals surface area contributed by atoms with Gasteiger partial charge in [-0.1, -0.05) is 18.2 Å². The summed E-state index contributed by atoms with van der Waals surface area (Å²) in [4.78, 5) is 8.26. The molecule has 0 unspecified atom stereocenters. The lowest BCUT2D eigenvalue weighted by atomic mass is 10.1. The first kappa shape index (κ1) is 14.8. The molecule has 0 radical (unpaired) electrons. The van der Waals surface area contributed by atoms with E-state index in [1.54, 1.807) is 13.0 Å². The molecule has 106 valence electrons. The van der Waals surface area contributed by atoms with Gasteiger partial charge in [0.1, 0.15) is 11.6 Å². The molecule has 20 heavy (non-hydrogen) atoms. The predicted molar refractivity (Wildman–Crippen MR) is 73.1 cm³/mol. The first-order valence-corrected chi connectivity index (χ1v) is 6.51. The zero-order valence-electron chi connectivity index (χ0n) is 10.5. The standard InChI is InChI=1S/C13H11BrF3N3/c1-7-11(14)12(18)20-10(19-7)6-8-3-2-4-9(5-8)13(15,16)17/h2-5H,6H2,1H3,(H2,18,19,20). The highest BCUT2D eigenvalue weighted by Gasteiger charge is 2.30. The molecule has 0 aliphatic carbocycles. The summed E-state index contributed by atoms with van der Waals surface area (Å²) in [5, 5.41) is 0. The van der Waals surface area contributed by atoms with E-state index in [1.807, 2.05) is 0 Å². The molecule has 0 amide bonds. The highest BCUT2D eigenvalue weighted by molar-refractivity contribution is 9.10. The van der Waals surface area contributed by atoms with Crippen LogP contribution in [0.5, 0.6) is 0 Å². The number of nitrogens with two attached hydrogens (primary N) is 1. The van der Waals surface area contributed by atoms with Gasteiger partial charge in [-0.2, -0.15) is 13.2 Å². The van der Waals surface area contributed by atoms with Crippen LogP contribution in [0.2, 0.25) is 0 Å². The van der Waals surface area contributed by atoms with Gasteiger partial charge in [0.15, 0.2) is 0 Å². The first-order chi connectivity index (χ1) is 9.27. The van der Waals surface area contributed by atoms with Gasteiger partial charge in [-0.3, -0.25) is 0 Å². The Kier molecular flexibility index (Phi) is 3.99. The van der Waals surface area contributed by atoms with Gasteiger partial charge in [0.25, 0.3) is 0 Å². The molecule has 0 spiro atoms. The molecule has 2 aromatic rings. The Balaban J connectivity index is 2.31. The van der Waals surface area contributed by atoms with Crippen molar-refractivity contribution in [1.29, 1.82) is 0 Å². The van der Waals surface area contributed by atoms with Crippen molar-refractivity contribution >= 4 is 21.7 Å². The fourth-order valence-corrected chi connectivity index (χ4v) is 1.94. The van der Waals surface area contributed by atoms with E-state index in [9.17, 15) is 13.2 Å². The van der Waals surface area contributed by atoms with Gasteiger partial charge in [0, 0.05) is 6.42 Å². The van der Waals surface area contributed by atoms with Gasteiger partial charge in [0.05, 0.1) is 15.7 Å². The number of aromatic nitrogens is 2.